The van der Waals surface area contributed by atoms with Crippen molar-refractivity contribution < 1.29 is 9.53 Å². The number of hydrogen-bond acceptors (Lipinski definition) is 5. The summed E-state index contributed by atoms with van der Waals surface area (Å²) in [6.07, 6.45) is 2.41. The molecule has 5 nitrogen and oxygen atoms in total. The first-order chi connectivity index (χ1) is 11.2. The molecule has 1 aromatic carbocycles. The van der Waals surface area contributed by atoms with E-state index in [-0.39, 0.29) is 5.91 Å². The third-order valence-electron chi connectivity index (χ3n) is 4.31. The number of thiazole rings is 1. The minimum atomic E-state index is 0.195. The smallest absolute Gasteiger partial charge is 0.224 e. The van der Waals surface area contributed by atoms with Crippen molar-refractivity contribution >= 4 is 32.6 Å². The average Bonchev–Trinajstić information content (AvgIpc) is 2.97. The monoisotopic (exact) mass is 333 g/mol. The number of rotatable bonds is 5. The molecule has 1 saturated heterocycles. The Bertz CT molecular complexity index is 678. The van der Waals surface area contributed by atoms with Crippen LogP contribution in [-0.2, 0) is 9.53 Å². The summed E-state index contributed by atoms with van der Waals surface area (Å²) in [4.78, 5) is 18.6. The van der Waals surface area contributed by atoms with Gasteiger partial charge in [0.1, 0.15) is 0 Å². The minimum absolute atomic E-state index is 0.195. The van der Waals surface area contributed by atoms with Crippen molar-refractivity contribution in [2.45, 2.75) is 32.2 Å². The van der Waals surface area contributed by atoms with Crippen molar-refractivity contribution in [3.63, 3.8) is 0 Å². The van der Waals surface area contributed by atoms with Crippen LogP contribution in [0.1, 0.15) is 24.8 Å². The maximum atomic E-state index is 12.0. The van der Waals surface area contributed by atoms with Crippen LogP contribution in [0, 0.1) is 6.92 Å². The third-order valence-corrected chi connectivity index (χ3v) is 5.44. The topological polar surface area (TPSA) is 54.5 Å². The molecule has 1 N–H and O–H groups in total. The van der Waals surface area contributed by atoms with Gasteiger partial charge < -0.3 is 15.0 Å². The zero-order valence-electron chi connectivity index (χ0n) is 13.7. The average molecular weight is 333 g/mol. The molecule has 0 unspecified atom stereocenters. The molecule has 0 radical (unpaired) electrons. The molecule has 1 aliphatic heterocycles. The Kier molecular flexibility index (Phi) is 5.13. The molecule has 1 aromatic heterocycles. The van der Waals surface area contributed by atoms with E-state index in [0.29, 0.717) is 19.1 Å². The van der Waals surface area contributed by atoms with E-state index in [0.717, 1.165) is 36.6 Å². The number of nitrogens with zero attached hydrogens (tertiary/aromatic N) is 2. The molecule has 23 heavy (non-hydrogen) atoms. The number of anilines is 1. The number of hydrogen-bond donors (Lipinski definition) is 1. The minimum Gasteiger partial charge on any atom is -0.384 e. The number of methoxy groups -OCH3 is 1. The van der Waals surface area contributed by atoms with Crippen molar-refractivity contribution in [2.75, 3.05) is 32.1 Å². The fraction of sp³-hybridized carbons (Fsp3) is 0.529. The maximum Gasteiger partial charge on any atom is 0.224 e. The molecule has 2 heterocycles. The van der Waals surface area contributed by atoms with E-state index in [1.165, 1.54) is 10.3 Å². The first-order valence-electron chi connectivity index (χ1n) is 8.07. The van der Waals surface area contributed by atoms with Crippen molar-refractivity contribution in [2.24, 2.45) is 0 Å². The lowest BCUT2D eigenvalue weighted by atomic mass is 10.1. The molecule has 0 aliphatic carbocycles. The quantitative estimate of drug-likeness (QED) is 0.914. The number of amides is 1. The van der Waals surface area contributed by atoms with Gasteiger partial charge in [0.05, 0.1) is 23.2 Å². The van der Waals surface area contributed by atoms with Crippen LogP contribution in [0.15, 0.2) is 18.2 Å². The molecule has 2 aromatic rings. The number of carbonyl (C=O) groups excluding carboxylic acids is 1. The van der Waals surface area contributed by atoms with Crippen LogP contribution in [0.4, 0.5) is 5.13 Å². The lowest BCUT2D eigenvalue weighted by Gasteiger charge is -2.32. The molecule has 0 atom stereocenters. The van der Waals surface area contributed by atoms with Crippen LogP contribution in [-0.4, -0.2) is 48.6 Å². The lowest BCUT2D eigenvalue weighted by Crippen LogP contribution is -2.42. The molecule has 0 spiro atoms. The molecular weight excluding hydrogens is 310 g/mol. The van der Waals surface area contributed by atoms with Gasteiger partial charge in [-0.05, 0) is 31.4 Å². The molecule has 0 bridgehead atoms. The number of aromatic nitrogens is 1. The van der Waals surface area contributed by atoms with Gasteiger partial charge in [0.15, 0.2) is 5.13 Å². The van der Waals surface area contributed by atoms with Crippen molar-refractivity contribution in [1.82, 2.24) is 9.88 Å². The van der Waals surface area contributed by atoms with Crippen LogP contribution in [0.3, 0.4) is 0 Å². The predicted octanol–water partition coefficient (Wildman–Crippen LogP) is 3.04. The number of ether oxygens (including phenoxy) is 1. The van der Waals surface area contributed by atoms with Gasteiger partial charge in [-0.3, -0.25) is 4.79 Å². The highest BCUT2D eigenvalue weighted by molar-refractivity contribution is 7.22. The molecule has 1 aliphatic rings. The molecule has 1 amide bonds. The normalized spacial score (nSPS) is 16.0. The summed E-state index contributed by atoms with van der Waals surface area (Å²) in [6.45, 7) is 4.24. The first-order valence-corrected chi connectivity index (χ1v) is 8.88. The zero-order valence-corrected chi connectivity index (χ0v) is 14.5. The Morgan fingerprint density at radius 2 is 2.22 bits per heavy atom. The SMILES string of the molecule is COCCC(=O)N1CCC(Nc2nc3cccc(C)c3s2)CC1. The van der Waals surface area contributed by atoms with E-state index in [1.807, 2.05) is 11.0 Å². The van der Waals surface area contributed by atoms with Gasteiger partial charge in [-0.25, -0.2) is 4.98 Å². The second-order valence-electron chi connectivity index (χ2n) is 5.98. The summed E-state index contributed by atoms with van der Waals surface area (Å²) in [7, 11) is 1.63. The van der Waals surface area contributed by atoms with Crippen LogP contribution >= 0.6 is 11.3 Å². The summed E-state index contributed by atoms with van der Waals surface area (Å²) in [6, 6.07) is 6.61. The van der Waals surface area contributed by atoms with E-state index in [4.69, 9.17) is 4.74 Å². The Labute approximate surface area is 140 Å². The Morgan fingerprint density at radius 3 is 2.91 bits per heavy atom. The van der Waals surface area contributed by atoms with Gasteiger partial charge in [-0.15, -0.1) is 0 Å². The first kappa shape index (κ1) is 16.2. The van der Waals surface area contributed by atoms with Crippen LogP contribution in [0.2, 0.25) is 0 Å². The Balaban J connectivity index is 1.55. The van der Waals surface area contributed by atoms with Gasteiger partial charge in [0, 0.05) is 26.2 Å². The van der Waals surface area contributed by atoms with Crippen LogP contribution in [0.25, 0.3) is 10.2 Å². The van der Waals surface area contributed by atoms with Crippen molar-refractivity contribution in [1.29, 1.82) is 0 Å². The number of nitrogens with one attached hydrogen (secondary N) is 1. The van der Waals surface area contributed by atoms with E-state index in [2.05, 4.69) is 29.4 Å². The molecular formula is C17H23N3O2S. The van der Waals surface area contributed by atoms with E-state index >= 15 is 0 Å². The predicted molar refractivity (Wildman–Crippen MR) is 94.1 cm³/mol. The fourth-order valence-corrected chi connectivity index (χ4v) is 3.95. The van der Waals surface area contributed by atoms with E-state index in [9.17, 15) is 4.79 Å². The maximum absolute atomic E-state index is 12.0. The second-order valence-corrected chi connectivity index (χ2v) is 6.98. The van der Waals surface area contributed by atoms with Gasteiger partial charge in [0.2, 0.25) is 5.91 Å². The van der Waals surface area contributed by atoms with Crippen LogP contribution < -0.4 is 5.32 Å². The summed E-state index contributed by atoms with van der Waals surface area (Å²) < 4.78 is 6.23. The number of aryl methyl sites for hydroxylation is 1. The molecule has 124 valence electrons. The highest BCUT2D eigenvalue weighted by Gasteiger charge is 2.23. The zero-order chi connectivity index (χ0) is 16.2. The standard InChI is InChI=1S/C17H23N3O2S/c1-12-4-3-5-14-16(12)23-17(19-14)18-13-6-9-20(10-7-13)15(21)8-11-22-2/h3-5,13H,6-11H2,1-2H3,(H,18,19). The molecule has 1 fully saturated rings. The Hall–Kier alpha value is -1.66. The van der Waals surface area contributed by atoms with Gasteiger partial charge in [0.25, 0.3) is 0 Å². The Morgan fingerprint density at radius 1 is 1.43 bits per heavy atom. The van der Waals surface area contributed by atoms with Gasteiger partial charge in [-0.2, -0.15) is 0 Å². The third kappa shape index (κ3) is 3.82. The number of carbonyl (C=O) groups is 1. The highest BCUT2D eigenvalue weighted by Crippen LogP contribution is 2.29. The molecule has 0 saturated carbocycles. The number of benzene rings is 1. The largest absolute Gasteiger partial charge is 0.384 e. The van der Waals surface area contributed by atoms with Gasteiger partial charge in [-0.1, -0.05) is 23.5 Å². The van der Waals surface area contributed by atoms with Crippen LogP contribution in [0.5, 0.6) is 0 Å². The fourth-order valence-electron chi connectivity index (χ4n) is 2.94. The van der Waals surface area contributed by atoms with Gasteiger partial charge >= 0.3 is 0 Å². The summed E-state index contributed by atoms with van der Waals surface area (Å²) in [5.41, 5.74) is 2.33. The van der Waals surface area contributed by atoms with E-state index < -0.39 is 0 Å². The lowest BCUT2D eigenvalue weighted by molar-refractivity contribution is -0.133. The summed E-state index contributed by atoms with van der Waals surface area (Å²) in [5.74, 6) is 0.195. The number of piperidine rings is 1. The molecule has 6 heteroatoms. The summed E-state index contributed by atoms with van der Waals surface area (Å²) >= 11 is 1.72. The number of fused-ring (bicyclic) bond motifs is 1. The van der Waals surface area contributed by atoms with Crippen molar-refractivity contribution in [3.05, 3.63) is 23.8 Å². The number of likely N-dealkylation sites (tertiary alicyclic amines) is 1. The summed E-state index contributed by atoms with van der Waals surface area (Å²) in [5, 5.41) is 4.53. The molecule has 3 rings (SSSR count). The van der Waals surface area contributed by atoms with Crippen molar-refractivity contribution in [3.8, 4) is 0 Å². The second kappa shape index (κ2) is 7.27. The highest BCUT2D eigenvalue weighted by atomic mass is 32.1. The van der Waals surface area contributed by atoms with E-state index in [1.54, 1.807) is 18.4 Å².